The number of carbonyl (C=O) groups is 1. The minimum Gasteiger partial charge on any atom is -0.478 e. The number of aryl methyl sites for hydroxylation is 2. The van der Waals surface area contributed by atoms with Crippen LogP contribution in [0.3, 0.4) is 0 Å². The fraction of sp³-hybridized carbons (Fsp3) is 0.381. The molecule has 24 heavy (non-hydrogen) atoms. The second-order valence-electron chi connectivity index (χ2n) is 7.63. The summed E-state index contributed by atoms with van der Waals surface area (Å²) in [7, 11) is 0. The Hall–Kier alpha value is -2.13. The topological polar surface area (TPSA) is 57.5 Å². The van der Waals surface area contributed by atoms with E-state index in [0.29, 0.717) is 6.42 Å². The Balaban J connectivity index is 2.27. The average Bonchev–Trinajstić information content (AvgIpc) is 2.51. The van der Waals surface area contributed by atoms with Gasteiger partial charge in [-0.1, -0.05) is 43.7 Å². The number of carboxylic acids is 1. The lowest BCUT2D eigenvalue weighted by molar-refractivity contribution is 0.0487. The Morgan fingerprint density at radius 3 is 2.25 bits per heavy atom. The molecule has 1 unspecified atom stereocenters. The summed E-state index contributed by atoms with van der Waals surface area (Å²) < 4.78 is 0. The van der Waals surface area contributed by atoms with Crippen LogP contribution in [0.15, 0.2) is 36.4 Å². The van der Waals surface area contributed by atoms with Gasteiger partial charge in [0.15, 0.2) is 0 Å². The third-order valence-corrected chi connectivity index (χ3v) is 5.38. The number of hydrogen-bond donors (Lipinski definition) is 2. The number of hydrogen-bond acceptors (Lipinski definition) is 2. The predicted octanol–water partition coefficient (Wildman–Crippen LogP) is 4.31. The molecule has 126 valence electrons. The van der Waals surface area contributed by atoms with Crippen LogP contribution in [0, 0.1) is 13.8 Å². The van der Waals surface area contributed by atoms with Gasteiger partial charge in [-0.15, -0.1) is 0 Å². The van der Waals surface area contributed by atoms with Crippen LogP contribution in [-0.2, 0) is 11.0 Å². The first kappa shape index (κ1) is 16.7. The first-order valence-corrected chi connectivity index (χ1v) is 8.33. The van der Waals surface area contributed by atoms with Gasteiger partial charge in [-0.3, -0.25) is 0 Å². The first-order chi connectivity index (χ1) is 11.1. The van der Waals surface area contributed by atoms with E-state index in [9.17, 15) is 15.0 Å². The van der Waals surface area contributed by atoms with Gasteiger partial charge < -0.3 is 10.2 Å². The molecule has 3 rings (SSSR count). The Kier molecular flexibility index (Phi) is 3.80. The highest BCUT2D eigenvalue weighted by molar-refractivity contribution is 5.88. The van der Waals surface area contributed by atoms with Crippen LogP contribution in [0.25, 0.3) is 0 Å². The molecule has 2 aromatic carbocycles. The molecule has 0 saturated heterocycles. The van der Waals surface area contributed by atoms with Gasteiger partial charge in [-0.25, -0.2) is 4.79 Å². The molecule has 0 bridgehead atoms. The molecular formula is C21H24O3. The highest BCUT2D eigenvalue weighted by atomic mass is 16.4. The van der Waals surface area contributed by atoms with Crippen molar-refractivity contribution in [2.45, 2.75) is 51.6 Å². The monoisotopic (exact) mass is 324 g/mol. The molecule has 0 spiro atoms. The van der Waals surface area contributed by atoms with Gasteiger partial charge in [0.2, 0.25) is 0 Å². The molecule has 0 saturated carbocycles. The van der Waals surface area contributed by atoms with Crippen molar-refractivity contribution in [2.24, 2.45) is 0 Å². The second kappa shape index (κ2) is 5.45. The molecule has 0 radical (unpaired) electrons. The molecule has 0 amide bonds. The maximum absolute atomic E-state index is 11.6. The summed E-state index contributed by atoms with van der Waals surface area (Å²) in [6, 6.07) is 11.2. The van der Waals surface area contributed by atoms with Crippen LogP contribution in [0.1, 0.15) is 64.9 Å². The van der Waals surface area contributed by atoms with Gasteiger partial charge in [0.25, 0.3) is 0 Å². The summed E-state index contributed by atoms with van der Waals surface area (Å²) in [5.41, 5.74) is 3.79. The standard InChI is InChI=1S/C21H24O3/c1-13-5-7-16(14(2)11-13)21(24)10-9-20(3,4)17-8-6-15(19(22)23)12-18(17)21/h5-8,11-12,24H,9-10H2,1-4H3,(H,22,23). The van der Waals surface area contributed by atoms with Crippen molar-refractivity contribution < 1.29 is 15.0 Å². The minimum atomic E-state index is -1.14. The van der Waals surface area contributed by atoms with Gasteiger partial charge in [-0.05, 0) is 66.5 Å². The maximum atomic E-state index is 11.6. The number of benzene rings is 2. The lowest BCUT2D eigenvalue weighted by atomic mass is 9.64. The van der Waals surface area contributed by atoms with Crippen LogP contribution in [-0.4, -0.2) is 16.2 Å². The molecule has 0 fully saturated rings. The van der Waals surface area contributed by atoms with Crippen LogP contribution in [0.2, 0.25) is 0 Å². The zero-order valence-corrected chi connectivity index (χ0v) is 14.7. The smallest absolute Gasteiger partial charge is 0.335 e. The molecule has 1 aliphatic rings. The Labute approximate surface area is 143 Å². The number of aromatic carboxylic acids is 1. The van der Waals surface area contributed by atoms with Gasteiger partial charge in [0, 0.05) is 0 Å². The lowest BCUT2D eigenvalue weighted by Crippen LogP contribution is -2.39. The van der Waals surface area contributed by atoms with Crippen molar-refractivity contribution >= 4 is 5.97 Å². The van der Waals surface area contributed by atoms with E-state index in [1.165, 1.54) is 0 Å². The fourth-order valence-corrected chi connectivity index (χ4v) is 3.93. The molecule has 0 heterocycles. The molecule has 3 heteroatoms. The van der Waals surface area contributed by atoms with E-state index >= 15 is 0 Å². The van der Waals surface area contributed by atoms with E-state index in [1.54, 1.807) is 12.1 Å². The summed E-state index contributed by atoms with van der Waals surface area (Å²) >= 11 is 0. The zero-order valence-electron chi connectivity index (χ0n) is 14.7. The van der Waals surface area contributed by atoms with Crippen molar-refractivity contribution in [2.75, 3.05) is 0 Å². The van der Waals surface area contributed by atoms with Crippen molar-refractivity contribution in [3.8, 4) is 0 Å². The van der Waals surface area contributed by atoms with Crippen molar-refractivity contribution in [3.05, 3.63) is 69.8 Å². The van der Waals surface area contributed by atoms with Crippen LogP contribution >= 0.6 is 0 Å². The third kappa shape index (κ3) is 2.53. The molecule has 2 aromatic rings. The summed E-state index contributed by atoms with van der Waals surface area (Å²) in [5, 5.41) is 21.0. The van der Waals surface area contributed by atoms with E-state index in [-0.39, 0.29) is 11.0 Å². The highest BCUT2D eigenvalue weighted by Crippen LogP contribution is 2.48. The SMILES string of the molecule is Cc1ccc(C2(O)CCC(C)(C)c3ccc(C(=O)O)cc32)c(C)c1. The quantitative estimate of drug-likeness (QED) is 0.865. The minimum absolute atomic E-state index is 0.0861. The molecular weight excluding hydrogens is 300 g/mol. The molecule has 0 aliphatic heterocycles. The summed E-state index contributed by atoms with van der Waals surface area (Å²) in [4.78, 5) is 11.4. The van der Waals surface area contributed by atoms with Crippen LogP contribution in [0.4, 0.5) is 0 Å². The average molecular weight is 324 g/mol. The molecule has 2 N–H and O–H groups in total. The highest BCUT2D eigenvalue weighted by Gasteiger charge is 2.43. The normalized spacial score (nSPS) is 22.0. The number of fused-ring (bicyclic) bond motifs is 1. The molecule has 1 atom stereocenters. The van der Waals surface area contributed by atoms with Crippen molar-refractivity contribution in [1.82, 2.24) is 0 Å². The van der Waals surface area contributed by atoms with Crippen molar-refractivity contribution in [1.29, 1.82) is 0 Å². The molecule has 1 aliphatic carbocycles. The Bertz CT molecular complexity index is 820. The summed E-state index contributed by atoms with van der Waals surface area (Å²) in [6.07, 6.45) is 1.43. The van der Waals surface area contributed by atoms with Crippen LogP contribution < -0.4 is 0 Å². The van der Waals surface area contributed by atoms with Gasteiger partial charge in [-0.2, -0.15) is 0 Å². The Morgan fingerprint density at radius 2 is 1.62 bits per heavy atom. The maximum Gasteiger partial charge on any atom is 0.335 e. The largest absolute Gasteiger partial charge is 0.478 e. The number of aliphatic hydroxyl groups is 1. The predicted molar refractivity (Wildman–Crippen MR) is 94.6 cm³/mol. The van der Waals surface area contributed by atoms with Crippen molar-refractivity contribution in [3.63, 3.8) is 0 Å². The van der Waals surface area contributed by atoms with Gasteiger partial charge in [0.1, 0.15) is 5.60 Å². The van der Waals surface area contributed by atoms with Crippen LogP contribution in [0.5, 0.6) is 0 Å². The fourth-order valence-electron chi connectivity index (χ4n) is 3.93. The molecule has 0 aromatic heterocycles. The first-order valence-electron chi connectivity index (χ1n) is 8.33. The molecule has 3 nitrogen and oxygen atoms in total. The summed E-state index contributed by atoms with van der Waals surface area (Å²) in [6.45, 7) is 8.32. The Morgan fingerprint density at radius 1 is 0.958 bits per heavy atom. The van der Waals surface area contributed by atoms with E-state index in [4.69, 9.17) is 0 Å². The second-order valence-corrected chi connectivity index (χ2v) is 7.63. The third-order valence-electron chi connectivity index (χ3n) is 5.38. The van der Waals surface area contributed by atoms with E-state index in [0.717, 1.165) is 34.2 Å². The zero-order chi connectivity index (χ0) is 17.7. The van der Waals surface area contributed by atoms with Gasteiger partial charge in [0.05, 0.1) is 5.56 Å². The van der Waals surface area contributed by atoms with E-state index in [1.807, 2.05) is 32.0 Å². The van der Waals surface area contributed by atoms with E-state index < -0.39 is 11.6 Å². The number of rotatable bonds is 2. The summed E-state index contributed by atoms with van der Waals surface area (Å²) in [5.74, 6) is -0.968. The van der Waals surface area contributed by atoms with E-state index in [2.05, 4.69) is 19.9 Å². The number of carboxylic acid groups (broad SMARTS) is 1. The van der Waals surface area contributed by atoms with Gasteiger partial charge >= 0.3 is 5.97 Å². The lowest BCUT2D eigenvalue weighted by Gasteiger charge is -2.43.